The number of alkyl halides is 3. The van der Waals surface area contributed by atoms with E-state index in [-0.39, 0.29) is 5.56 Å². The van der Waals surface area contributed by atoms with Gasteiger partial charge in [-0.2, -0.15) is 13.2 Å². The molecule has 0 atom stereocenters. The van der Waals surface area contributed by atoms with Gasteiger partial charge in [-0.1, -0.05) is 25.1 Å². The van der Waals surface area contributed by atoms with Gasteiger partial charge in [0.25, 0.3) is 5.91 Å². The van der Waals surface area contributed by atoms with E-state index >= 15 is 0 Å². The first kappa shape index (κ1) is 21.8. The zero-order valence-electron chi connectivity index (χ0n) is 17.6. The molecule has 8 heteroatoms. The van der Waals surface area contributed by atoms with Crippen LogP contribution in [0.25, 0.3) is 11.3 Å². The van der Waals surface area contributed by atoms with Gasteiger partial charge >= 0.3 is 6.18 Å². The average Bonchev–Trinajstić information content (AvgIpc) is 2.79. The molecule has 1 N–H and O–H groups in total. The van der Waals surface area contributed by atoms with Crippen LogP contribution in [0.5, 0.6) is 0 Å². The number of anilines is 2. The second-order valence-electron chi connectivity index (χ2n) is 8.06. The maximum absolute atomic E-state index is 12.9. The number of piperidine rings is 1. The highest BCUT2D eigenvalue weighted by molar-refractivity contribution is 6.04. The molecule has 1 saturated heterocycles. The Labute approximate surface area is 184 Å². The van der Waals surface area contributed by atoms with Crippen LogP contribution in [-0.4, -0.2) is 29.2 Å². The molecule has 0 saturated carbocycles. The smallest absolute Gasteiger partial charge is 0.355 e. The van der Waals surface area contributed by atoms with Gasteiger partial charge in [0.05, 0.1) is 11.3 Å². The van der Waals surface area contributed by atoms with Crippen molar-refractivity contribution in [2.75, 3.05) is 23.3 Å². The maximum atomic E-state index is 12.9. The van der Waals surface area contributed by atoms with E-state index in [0.717, 1.165) is 55.4 Å². The Hall–Kier alpha value is -3.42. The Morgan fingerprint density at radius 2 is 1.75 bits per heavy atom. The second-order valence-corrected chi connectivity index (χ2v) is 8.06. The van der Waals surface area contributed by atoms with Crippen molar-refractivity contribution in [1.29, 1.82) is 0 Å². The van der Waals surface area contributed by atoms with E-state index in [1.165, 1.54) is 12.1 Å². The molecule has 0 unspecified atom stereocenters. The van der Waals surface area contributed by atoms with Crippen LogP contribution in [0.15, 0.2) is 60.7 Å². The Morgan fingerprint density at radius 1 is 1.00 bits per heavy atom. The molecule has 3 aromatic rings. The third-order valence-electron chi connectivity index (χ3n) is 5.63. The number of aromatic nitrogens is 2. The first-order valence-corrected chi connectivity index (χ1v) is 10.5. The lowest BCUT2D eigenvalue weighted by Gasteiger charge is -2.30. The summed E-state index contributed by atoms with van der Waals surface area (Å²) in [7, 11) is 0. The number of halogens is 3. The van der Waals surface area contributed by atoms with Crippen LogP contribution < -0.4 is 10.2 Å². The van der Waals surface area contributed by atoms with Gasteiger partial charge in [0.15, 0.2) is 5.82 Å². The monoisotopic (exact) mass is 440 g/mol. The first-order chi connectivity index (χ1) is 15.3. The molecule has 1 aliphatic heterocycles. The number of nitrogens with one attached hydrogen (secondary N) is 1. The van der Waals surface area contributed by atoms with Crippen molar-refractivity contribution in [1.82, 2.24) is 10.2 Å². The van der Waals surface area contributed by atoms with Crippen LogP contribution >= 0.6 is 0 Å². The number of carbonyl (C=O) groups excluding carboxylic acids is 1. The van der Waals surface area contributed by atoms with E-state index in [9.17, 15) is 18.0 Å². The van der Waals surface area contributed by atoms with Gasteiger partial charge in [0.2, 0.25) is 0 Å². The van der Waals surface area contributed by atoms with Crippen molar-refractivity contribution >= 4 is 17.4 Å². The minimum Gasteiger partial charge on any atom is -0.355 e. The third-order valence-corrected chi connectivity index (χ3v) is 5.63. The largest absolute Gasteiger partial charge is 0.416 e. The Kier molecular flexibility index (Phi) is 6.12. The van der Waals surface area contributed by atoms with Crippen LogP contribution in [0, 0.1) is 5.92 Å². The fraction of sp³-hybridized carbons (Fsp3) is 0.292. The van der Waals surface area contributed by atoms with Gasteiger partial charge in [-0.05, 0) is 61.2 Å². The minimum atomic E-state index is -4.51. The summed E-state index contributed by atoms with van der Waals surface area (Å²) in [6.07, 6.45) is -2.23. The highest BCUT2D eigenvalue weighted by atomic mass is 19.4. The van der Waals surface area contributed by atoms with Gasteiger partial charge in [0.1, 0.15) is 0 Å². The van der Waals surface area contributed by atoms with Gasteiger partial charge in [-0.25, -0.2) is 0 Å². The summed E-state index contributed by atoms with van der Waals surface area (Å²) < 4.78 is 38.7. The van der Waals surface area contributed by atoms with E-state index in [1.807, 2.05) is 18.2 Å². The summed E-state index contributed by atoms with van der Waals surface area (Å²) in [4.78, 5) is 14.7. The summed E-state index contributed by atoms with van der Waals surface area (Å²) >= 11 is 0. The molecule has 5 nitrogen and oxygen atoms in total. The van der Waals surface area contributed by atoms with Crippen molar-refractivity contribution in [3.05, 3.63) is 71.8 Å². The zero-order valence-corrected chi connectivity index (χ0v) is 17.6. The van der Waals surface area contributed by atoms with Crippen molar-refractivity contribution in [2.45, 2.75) is 25.9 Å². The number of hydrogen-bond donors (Lipinski definition) is 1. The van der Waals surface area contributed by atoms with Crippen molar-refractivity contribution in [3.8, 4) is 11.3 Å². The predicted octanol–water partition coefficient (Wildman–Crippen LogP) is 5.65. The zero-order chi connectivity index (χ0) is 22.7. The molecule has 1 aromatic heterocycles. The van der Waals surface area contributed by atoms with Gasteiger partial charge in [-0.15, -0.1) is 10.2 Å². The molecular weight excluding hydrogens is 417 g/mol. The van der Waals surface area contributed by atoms with Crippen LogP contribution in [0.3, 0.4) is 0 Å². The van der Waals surface area contributed by atoms with E-state index in [1.54, 1.807) is 18.2 Å². The molecule has 1 aliphatic rings. The summed E-state index contributed by atoms with van der Waals surface area (Å²) in [5.74, 6) is 0.955. The molecule has 1 fully saturated rings. The van der Waals surface area contributed by atoms with Crippen molar-refractivity contribution in [3.63, 3.8) is 0 Å². The van der Waals surface area contributed by atoms with Crippen LogP contribution in [0.1, 0.15) is 35.7 Å². The van der Waals surface area contributed by atoms with Crippen LogP contribution in [0.4, 0.5) is 24.7 Å². The molecule has 4 rings (SSSR count). The summed E-state index contributed by atoms with van der Waals surface area (Å²) in [6, 6.07) is 15.1. The van der Waals surface area contributed by atoms with Crippen molar-refractivity contribution < 1.29 is 18.0 Å². The molecule has 1 amide bonds. The lowest BCUT2D eigenvalue weighted by Crippen LogP contribution is -2.33. The van der Waals surface area contributed by atoms with Gasteiger partial charge < -0.3 is 10.2 Å². The number of hydrogen-bond acceptors (Lipinski definition) is 4. The number of benzene rings is 2. The van der Waals surface area contributed by atoms with Gasteiger partial charge in [0, 0.05) is 29.9 Å². The standard InChI is InChI=1S/C24H23F3N4O/c1-16-10-12-31(13-11-16)22-9-8-21(29-30-22)17-4-3-7-20(15-17)28-23(32)18-5-2-6-19(14-18)24(25,26)27/h2-9,14-16H,10-13H2,1H3,(H,28,32). The molecule has 0 spiro atoms. The Bertz CT molecular complexity index is 1090. The minimum absolute atomic E-state index is 0.0646. The van der Waals surface area contributed by atoms with Crippen LogP contribution in [-0.2, 0) is 6.18 Å². The molecule has 0 radical (unpaired) electrons. The summed E-state index contributed by atoms with van der Waals surface area (Å²) in [5.41, 5.74) is 0.927. The number of nitrogens with zero attached hydrogens (tertiary/aromatic N) is 3. The average molecular weight is 440 g/mol. The lowest BCUT2D eigenvalue weighted by atomic mass is 9.99. The van der Waals surface area contributed by atoms with E-state index in [2.05, 4.69) is 27.3 Å². The fourth-order valence-electron chi connectivity index (χ4n) is 3.68. The van der Waals surface area contributed by atoms with Crippen molar-refractivity contribution in [2.24, 2.45) is 5.92 Å². The molecule has 0 bridgehead atoms. The Morgan fingerprint density at radius 3 is 2.44 bits per heavy atom. The fourth-order valence-corrected chi connectivity index (χ4v) is 3.68. The quantitative estimate of drug-likeness (QED) is 0.570. The molecule has 0 aliphatic carbocycles. The summed E-state index contributed by atoms with van der Waals surface area (Å²) in [5, 5.41) is 11.3. The number of rotatable bonds is 4. The molecule has 2 aromatic carbocycles. The molecular formula is C24H23F3N4O. The highest BCUT2D eigenvalue weighted by Gasteiger charge is 2.30. The van der Waals surface area contributed by atoms with E-state index < -0.39 is 17.6 Å². The normalized spacial score (nSPS) is 14.9. The lowest BCUT2D eigenvalue weighted by molar-refractivity contribution is -0.137. The van der Waals surface area contributed by atoms with Crippen LogP contribution in [0.2, 0.25) is 0 Å². The SMILES string of the molecule is CC1CCN(c2ccc(-c3cccc(NC(=O)c4cccc(C(F)(F)F)c4)c3)nn2)CC1. The Balaban J connectivity index is 1.47. The van der Waals surface area contributed by atoms with Gasteiger partial charge in [-0.3, -0.25) is 4.79 Å². The number of carbonyl (C=O) groups is 1. The molecule has 2 heterocycles. The third kappa shape index (κ3) is 5.07. The molecule has 166 valence electrons. The summed E-state index contributed by atoms with van der Waals surface area (Å²) in [6.45, 7) is 4.18. The highest BCUT2D eigenvalue weighted by Crippen LogP contribution is 2.30. The molecule has 32 heavy (non-hydrogen) atoms. The van der Waals surface area contributed by atoms with E-state index in [0.29, 0.717) is 11.4 Å². The van der Waals surface area contributed by atoms with E-state index in [4.69, 9.17) is 0 Å². The first-order valence-electron chi connectivity index (χ1n) is 10.5. The number of amides is 1. The predicted molar refractivity (Wildman–Crippen MR) is 117 cm³/mol. The second kappa shape index (κ2) is 8.98. The maximum Gasteiger partial charge on any atom is 0.416 e. The topological polar surface area (TPSA) is 58.1 Å².